The van der Waals surface area contributed by atoms with E-state index in [0.29, 0.717) is 38.8 Å². The van der Waals surface area contributed by atoms with E-state index < -0.39 is 0 Å². The molecule has 1 aromatic heterocycles. The van der Waals surface area contributed by atoms with Crippen LogP contribution < -0.4 is 16.2 Å². The predicted molar refractivity (Wildman–Crippen MR) is 82.1 cm³/mol. The summed E-state index contributed by atoms with van der Waals surface area (Å²) in [6.07, 6.45) is 1.51. The van der Waals surface area contributed by atoms with E-state index in [-0.39, 0.29) is 0 Å². The third-order valence-electron chi connectivity index (χ3n) is 2.97. The first-order valence-electron chi connectivity index (χ1n) is 6.02. The van der Waals surface area contributed by atoms with Crippen LogP contribution in [0.4, 0.5) is 11.4 Å². The number of fused-ring (bicyclic) bond motifs is 1. The Labute approximate surface area is 120 Å². The number of anilines is 2. The van der Waals surface area contributed by atoms with E-state index >= 15 is 0 Å². The average molecular weight is 286 g/mol. The van der Waals surface area contributed by atoms with Gasteiger partial charge in [0.25, 0.3) is 0 Å². The van der Waals surface area contributed by atoms with E-state index in [1.165, 1.54) is 6.20 Å². The molecule has 0 radical (unpaired) electrons. The molecule has 4 N–H and O–H groups in total. The SMILES string of the molecule is Nc1cnc2c(Oc3ccccc3)ccc(Cl)c2c1N. The summed E-state index contributed by atoms with van der Waals surface area (Å²) >= 11 is 6.18. The number of hydrogen-bond acceptors (Lipinski definition) is 4. The molecular weight excluding hydrogens is 274 g/mol. The molecule has 0 saturated heterocycles. The zero-order valence-corrected chi connectivity index (χ0v) is 11.3. The van der Waals surface area contributed by atoms with Crippen LogP contribution in [0.5, 0.6) is 11.5 Å². The van der Waals surface area contributed by atoms with Crippen molar-refractivity contribution in [2.45, 2.75) is 0 Å². The van der Waals surface area contributed by atoms with E-state index in [4.69, 9.17) is 27.8 Å². The Morgan fingerprint density at radius 3 is 2.50 bits per heavy atom. The molecule has 0 aliphatic rings. The van der Waals surface area contributed by atoms with E-state index in [2.05, 4.69) is 4.98 Å². The van der Waals surface area contributed by atoms with Crippen molar-refractivity contribution in [3.05, 3.63) is 53.7 Å². The Bertz CT molecular complexity index is 775. The van der Waals surface area contributed by atoms with Gasteiger partial charge in [-0.25, -0.2) is 4.98 Å². The fourth-order valence-electron chi connectivity index (χ4n) is 1.98. The molecule has 0 bridgehead atoms. The maximum Gasteiger partial charge on any atom is 0.153 e. The van der Waals surface area contributed by atoms with Crippen LogP contribution in [0.3, 0.4) is 0 Å². The zero-order valence-electron chi connectivity index (χ0n) is 10.5. The van der Waals surface area contributed by atoms with Gasteiger partial charge in [-0.15, -0.1) is 0 Å². The van der Waals surface area contributed by atoms with Gasteiger partial charge in [0.1, 0.15) is 11.3 Å². The third kappa shape index (κ3) is 2.10. The standard InChI is InChI=1S/C15H12ClN3O/c16-10-6-7-12(20-9-4-2-1-3-5-9)15-13(10)14(18)11(17)8-19-15/h1-8H,17H2,(H2,18,19). The van der Waals surface area contributed by atoms with Gasteiger partial charge in [-0.1, -0.05) is 29.8 Å². The lowest BCUT2D eigenvalue weighted by atomic mass is 10.1. The number of rotatable bonds is 2. The van der Waals surface area contributed by atoms with Crippen molar-refractivity contribution in [2.75, 3.05) is 11.5 Å². The number of nitrogens with zero attached hydrogens (tertiary/aromatic N) is 1. The first-order chi connectivity index (χ1) is 9.66. The van der Waals surface area contributed by atoms with E-state index in [1.807, 2.05) is 30.3 Å². The van der Waals surface area contributed by atoms with Crippen LogP contribution in [0.15, 0.2) is 48.7 Å². The van der Waals surface area contributed by atoms with E-state index in [1.54, 1.807) is 12.1 Å². The fraction of sp³-hybridized carbons (Fsp3) is 0. The number of nitrogen functional groups attached to an aromatic ring is 2. The number of ether oxygens (including phenoxy) is 1. The van der Waals surface area contributed by atoms with Gasteiger partial charge < -0.3 is 16.2 Å². The molecule has 4 nitrogen and oxygen atoms in total. The maximum absolute atomic E-state index is 6.18. The summed E-state index contributed by atoms with van der Waals surface area (Å²) in [4.78, 5) is 4.28. The Morgan fingerprint density at radius 2 is 1.75 bits per heavy atom. The summed E-state index contributed by atoms with van der Waals surface area (Å²) in [5.74, 6) is 1.30. The minimum absolute atomic E-state index is 0.399. The van der Waals surface area contributed by atoms with Crippen molar-refractivity contribution in [1.29, 1.82) is 0 Å². The van der Waals surface area contributed by atoms with Crippen LogP contribution >= 0.6 is 11.6 Å². The number of halogens is 1. The molecule has 20 heavy (non-hydrogen) atoms. The molecule has 0 aliphatic carbocycles. The Morgan fingerprint density at radius 1 is 1.00 bits per heavy atom. The van der Waals surface area contributed by atoms with Crippen molar-refractivity contribution >= 4 is 33.9 Å². The highest BCUT2D eigenvalue weighted by Gasteiger charge is 2.12. The smallest absolute Gasteiger partial charge is 0.153 e. The second kappa shape index (κ2) is 4.90. The average Bonchev–Trinajstić information content (AvgIpc) is 2.46. The summed E-state index contributed by atoms with van der Waals surface area (Å²) in [7, 11) is 0. The highest BCUT2D eigenvalue weighted by Crippen LogP contribution is 2.37. The Hall–Kier alpha value is -2.46. The van der Waals surface area contributed by atoms with Crippen molar-refractivity contribution in [1.82, 2.24) is 4.98 Å². The number of pyridine rings is 1. The van der Waals surface area contributed by atoms with Gasteiger partial charge in [0.2, 0.25) is 0 Å². The Balaban J connectivity index is 2.18. The van der Waals surface area contributed by atoms with Gasteiger partial charge >= 0.3 is 0 Å². The van der Waals surface area contributed by atoms with E-state index in [9.17, 15) is 0 Å². The summed E-state index contributed by atoms with van der Waals surface area (Å²) in [6, 6.07) is 12.9. The summed E-state index contributed by atoms with van der Waals surface area (Å²) in [6.45, 7) is 0. The second-order valence-corrected chi connectivity index (χ2v) is 4.72. The Kier molecular flexibility index (Phi) is 3.08. The van der Waals surface area contributed by atoms with Gasteiger partial charge in [-0.2, -0.15) is 0 Å². The highest BCUT2D eigenvalue weighted by atomic mass is 35.5. The molecule has 100 valence electrons. The van der Waals surface area contributed by atoms with Crippen molar-refractivity contribution < 1.29 is 4.74 Å². The first kappa shape index (κ1) is 12.6. The molecule has 0 fully saturated rings. The van der Waals surface area contributed by atoms with Crippen LogP contribution in [0.25, 0.3) is 10.9 Å². The first-order valence-corrected chi connectivity index (χ1v) is 6.39. The fourth-order valence-corrected chi connectivity index (χ4v) is 2.23. The minimum atomic E-state index is 0.399. The van der Waals surface area contributed by atoms with Crippen molar-refractivity contribution in [3.8, 4) is 11.5 Å². The number of nitrogens with two attached hydrogens (primary N) is 2. The molecule has 0 saturated carbocycles. The number of aromatic nitrogens is 1. The predicted octanol–water partition coefficient (Wildman–Crippen LogP) is 3.84. The molecule has 1 heterocycles. The van der Waals surface area contributed by atoms with Crippen LogP contribution in [-0.4, -0.2) is 4.98 Å². The lowest BCUT2D eigenvalue weighted by molar-refractivity contribution is 0.487. The molecule has 2 aromatic carbocycles. The molecule has 3 aromatic rings. The molecule has 0 amide bonds. The topological polar surface area (TPSA) is 74.2 Å². The molecule has 0 spiro atoms. The molecule has 0 unspecified atom stereocenters. The maximum atomic E-state index is 6.18. The molecule has 3 rings (SSSR count). The van der Waals surface area contributed by atoms with Crippen LogP contribution in [0, 0.1) is 0 Å². The number of para-hydroxylation sites is 1. The molecule has 0 atom stereocenters. The van der Waals surface area contributed by atoms with Crippen LogP contribution in [0.2, 0.25) is 5.02 Å². The normalized spacial score (nSPS) is 10.7. The van der Waals surface area contributed by atoms with Crippen molar-refractivity contribution in [2.24, 2.45) is 0 Å². The van der Waals surface area contributed by atoms with Crippen LogP contribution in [0.1, 0.15) is 0 Å². The number of benzene rings is 2. The van der Waals surface area contributed by atoms with E-state index in [0.717, 1.165) is 0 Å². The highest BCUT2D eigenvalue weighted by molar-refractivity contribution is 6.37. The molecule has 5 heteroatoms. The lowest BCUT2D eigenvalue weighted by Crippen LogP contribution is -1.98. The van der Waals surface area contributed by atoms with Gasteiger partial charge in [0.05, 0.1) is 22.6 Å². The summed E-state index contributed by atoms with van der Waals surface area (Å²) < 4.78 is 5.82. The number of hydrogen-bond donors (Lipinski definition) is 2. The van der Waals surface area contributed by atoms with Gasteiger partial charge in [0.15, 0.2) is 5.75 Å². The van der Waals surface area contributed by atoms with Gasteiger partial charge in [-0.3, -0.25) is 0 Å². The second-order valence-electron chi connectivity index (χ2n) is 4.31. The zero-order chi connectivity index (χ0) is 14.1. The molecule has 0 aliphatic heterocycles. The summed E-state index contributed by atoms with van der Waals surface area (Å²) in [5.41, 5.74) is 13.2. The van der Waals surface area contributed by atoms with Gasteiger partial charge in [-0.05, 0) is 24.3 Å². The van der Waals surface area contributed by atoms with Crippen molar-refractivity contribution in [3.63, 3.8) is 0 Å². The summed E-state index contributed by atoms with van der Waals surface area (Å²) in [5, 5.41) is 1.11. The third-order valence-corrected chi connectivity index (χ3v) is 3.29. The quantitative estimate of drug-likeness (QED) is 0.750. The minimum Gasteiger partial charge on any atom is -0.455 e. The largest absolute Gasteiger partial charge is 0.455 e. The monoisotopic (exact) mass is 285 g/mol. The van der Waals surface area contributed by atoms with Gasteiger partial charge in [0, 0.05) is 5.39 Å². The van der Waals surface area contributed by atoms with Crippen LogP contribution in [-0.2, 0) is 0 Å². The molecular formula is C15H12ClN3O. The lowest BCUT2D eigenvalue weighted by Gasteiger charge is -2.11.